The zero-order valence-electron chi connectivity index (χ0n) is 11.0. The van der Waals surface area contributed by atoms with Gasteiger partial charge in [-0.05, 0) is 38.2 Å². The van der Waals surface area contributed by atoms with Crippen LogP contribution < -0.4 is 5.32 Å². The molecule has 0 spiro atoms. The fourth-order valence-electron chi connectivity index (χ4n) is 1.64. The first-order chi connectivity index (χ1) is 8.11. The molecule has 0 fully saturated rings. The van der Waals surface area contributed by atoms with Crippen LogP contribution in [0.4, 0.5) is 5.69 Å². The van der Waals surface area contributed by atoms with E-state index in [9.17, 15) is 4.79 Å². The third-order valence-corrected chi connectivity index (χ3v) is 2.54. The molecule has 0 bridgehead atoms. The topological polar surface area (TPSA) is 32.3 Å². The molecular weight excluding hydrogens is 212 g/mol. The number of hydrogen-bond acceptors (Lipinski definition) is 2. The Hall–Kier alpha value is -1.35. The monoisotopic (exact) mass is 234 g/mol. The SMILES string of the molecule is CCCc1cccc(NC(=O)CCN(C)C)c1. The van der Waals surface area contributed by atoms with Gasteiger partial charge in [0, 0.05) is 18.7 Å². The van der Waals surface area contributed by atoms with Gasteiger partial charge < -0.3 is 10.2 Å². The van der Waals surface area contributed by atoms with Crippen LogP contribution >= 0.6 is 0 Å². The highest BCUT2D eigenvalue weighted by molar-refractivity contribution is 5.90. The average Bonchev–Trinajstić information content (AvgIpc) is 2.27. The van der Waals surface area contributed by atoms with E-state index in [-0.39, 0.29) is 5.91 Å². The van der Waals surface area contributed by atoms with E-state index in [4.69, 9.17) is 0 Å². The second kappa shape index (κ2) is 7.07. The summed E-state index contributed by atoms with van der Waals surface area (Å²) in [6.07, 6.45) is 2.71. The first kappa shape index (κ1) is 13.7. The van der Waals surface area contributed by atoms with Crippen molar-refractivity contribution >= 4 is 11.6 Å². The molecule has 0 aromatic heterocycles. The standard InChI is InChI=1S/C14H22N2O/c1-4-6-12-7-5-8-13(11-12)15-14(17)9-10-16(2)3/h5,7-8,11H,4,6,9-10H2,1-3H3,(H,15,17). The molecule has 1 aromatic rings. The Labute approximate surface area is 104 Å². The van der Waals surface area contributed by atoms with Crippen molar-refractivity contribution in [1.82, 2.24) is 4.90 Å². The van der Waals surface area contributed by atoms with Gasteiger partial charge in [0.25, 0.3) is 0 Å². The molecule has 94 valence electrons. The number of carbonyl (C=O) groups is 1. The van der Waals surface area contributed by atoms with Crippen molar-refractivity contribution < 1.29 is 4.79 Å². The maximum Gasteiger partial charge on any atom is 0.225 e. The predicted molar refractivity (Wildman–Crippen MR) is 72.2 cm³/mol. The molecule has 0 radical (unpaired) electrons. The van der Waals surface area contributed by atoms with E-state index in [1.54, 1.807) is 0 Å². The van der Waals surface area contributed by atoms with E-state index in [0.717, 1.165) is 25.1 Å². The van der Waals surface area contributed by atoms with Crippen molar-refractivity contribution in [3.63, 3.8) is 0 Å². The quantitative estimate of drug-likeness (QED) is 0.820. The average molecular weight is 234 g/mol. The molecule has 0 saturated heterocycles. The highest BCUT2D eigenvalue weighted by Crippen LogP contribution is 2.12. The molecule has 0 unspecified atom stereocenters. The van der Waals surface area contributed by atoms with Crippen molar-refractivity contribution in [3.8, 4) is 0 Å². The summed E-state index contributed by atoms with van der Waals surface area (Å²) < 4.78 is 0. The third-order valence-electron chi connectivity index (χ3n) is 2.54. The van der Waals surface area contributed by atoms with Gasteiger partial charge >= 0.3 is 0 Å². The van der Waals surface area contributed by atoms with Crippen LogP contribution in [0.25, 0.3) is 0 Å². The number of amides is 1. The van der Waals surface area contributed by atoms with E-state index in [1.807, 2.05) is 31.1 Å². The molecule has 0 atom stereocenters. The fourth-order valence-corrected chi connectivity index (χ4v) is 1.64. The molecular formula is C14H22N2O. The lowest BCUT2D eigenvalue weighted by Crippen LogP contribution is -2.20. The Balaban J connectivity index is 2.50. The normalized spacial score (nSPS) is 10.6. The lowest BCUT2D eigenvalue weighted by molar-refractivity contribution is -0.116. The summed E-state index contributed by atoms with van der Waals surface area (Å²) in [7, 11) is 3.93. The molecule has 0 aliphatic carbocycles. The van der Waals surface area contributed by atoms with Gasteiger partial charge in [0.05, 0.1) is 0 Å². The number of nitrogens with zero attached hydrogens (tertiary/aromatic N) is 1. The second-order valence-corrected chi connectivity index (χ2v) is 4.55. The zero-order chi connectivity index (χ0) is 12.7. The molecule has 3 heteroatoms. The van der Waals surface area contributed by atoms with Crippen molar-refractivity contribution in [2.24, 2.45) is 0 Å². The largest absolute Gasteiger partial charge is 0.326 e. The van der Waals surface area contributed by atoms with Crippen LogP contribution in [-0.2, 0) is 11.2 Å². The van der Waals surface area contributed by atoms with Gasteiger partial charge in [0.2, 0.25) is 5.91 Å². The highest BCUT2D eigenvalue weighted by Gasteiger charge is 2.03. The van der Waals surface area contributed by atoms with Gasteiger partial charge in [-0.1, -0.05) is 25.5 Å². The Morgan fingerprint density at radius 3 is 2.76 bits per heavy atom. The van der Waals surface area contributed by atoms with Crippen molar-refractivity contribution in [2.75, 3.05) is 26.0 Å². The molecule has 0 aliphatic heterocycles. The van der Waals surface area contributed by atoms with Gasteiger partial charge in [0.15, 0.2) is 0 Å². The molecule has 3 nitrogen and oxygen atoms in total. The first-order valence-corrected chi connectivity index (χ1v) is 6.15. The van der Waals surface area contributed by atoms with Crippen LogP contribution in [0.2, 0.25) is 0 Å². The molecule has 0 saturated carbocycles. The maximum absolute atomic E-state index is 11.6. The summed E-state index contributed by atoms with van der Waals surface area (Å²) >= 11 is 0. The van der Waals surface area contributed by atoms with E-state index < -0.39 is 0 Å². The minimum atomic E-state index is 0.0762. The number of hydrogen-bond donors (Lipinski definition) is 1. The summed E-state index contributed by atoms with van der Waals surface area (Å²) in [6, 6.07) is 8.08. The number of rotatable bonds is 6. The number of aryl methyl sites for hydroxylation is 1. The van der Waals surface area contributed by atoms with Crippen LogP contribution in [0, 0.1) is 0 Å². The molecule has 1 rings (SSSR count). The lowest BCUT2D eigenvalue weighted by Gasteiger charge is -2.10. The number of benzene rings is 1. The summed E-state index contributed by atoms with van der Waals surface area (Å²) in [4.78, 5) is 13.7. The van der Waals surface area contributed by atoms with Crippen LogP contribution in [0.1, 0.15) is 25.3 Å². The van der Waals surface area contributed by atoms with E-state index >= 15 is 0 Å². The lowest BCUT2D eigenvalue weighted by atomic mass is 10.1. The summed E-state index contributed by atoms with van der Waals surface area (Å²) in [5.41, 5.74) is 2.18. The van der Waals surface area contributed by atoms with Gasteiger partial charge in [-0.15, -0.1) is 0 Å². The summed E-state index contributed by atoms with van der Waals surface area (Å²) in [5, 5.41) is 2.93. The molecule has 0 heterocycles. The van der Waals surface area contributed by atoms with Crippen LogP contribution in [0.5, 0.6) is 0 Å². The van der Waals surface area contributed by atoms with Crippen LogP contribution in [-0.4, -0.2) is 31.4 Å². The van der Waals surface area contributed by atoms with Crippen molar-refractivity contribution in [3.05, 3.63) is 29.8 Å². The third kappa shape index (κ3) is 5.50. The summed E-state index contributed by atoms with van der Waals surface area (Å²) in [5.74, 6) is 0.0762. The van der Waals surface area contributed by atoms with Crippen molar-refractivity contribution in [2.45, 2.75) is 26.2 Å². The fraction of sp³-hybridized carbons (Fsp3) is 0.500. The minimum Gasteiger partial charge on any atom is -0.326 e. The van der Waals surface area contributed by atoms with Gasteiger partial charge in [-0.2, -0.15) is 0 Å². The number of carbonyl (C=O) groups excluding carboxylic acids is 1. The molecule has 1 aromatic carbocycles. The summed E-state index contributed by atoms with van der Waals surface area (Å²) in [6.45, 7) is 2.93. The Morgan fingerprint density at radius 1 is 1.35 bits per heavy atom. The molecule has 1 amide bonds. The number of anilines is 1. The Kier molecular flexibility index (Phi) is 5.70. The molecule has 1 N–H and O–H groups in total. The van der Waals surface area contributed by atoms with Gasteiger partial charge in [-0.3, -0.25) is 4.79 Å². The van der Waals surface area contributed by atoms with Gasteiger partial charge in [0.1, 0.15) is 0 Å². The molecule has 17 heavy (non-hydrogen) atoms. The minimum absolute atomic E-state index is 0.0762. The number of nitrogens with one attached hydrogen (secondary N) is 1. The predicted octanol–water partition coefficient (Wildman–Crippen LogP) is 2.53. The van der Waals surface area contributed by atoms with Gasteiger partial charge in [-0.25, -0.2) is 0 Å². The zero-order valence-corrected chi connectivity index (χ0v) is 11.0. The van der Waals surface area contributed by atoms with E-state index in [1.165, 1.54) is 5.56 Å². The smallest absolute Gasteiger partial charge is 0.225 e. The first-order valence-electron chi connectivity index (χ1n) is 6.15. The van der Waals surface area contributed by atoms with E-state index in [2.05, 4.69) is 24.4 Å². The highest BCUT2D eigenvalue weighted by atomic mass is 16.1. The Morgan fingerprint density at radius 2 is 2.12 bits per heavy atom. The second-order valence-electron chi connectivity index (χ2n) is 4.55. The Bertz CT molecular complexity index is 361. The van der Waals surface area contributed by atoms with Crippen molar-refractivity contribution in [1.29, 1.82) is 0 Å². The van der Waals surface area contributed by atoms with Crippen LogP contribution in [0.3, 0.4) is 0 Å². The van der Waals surface area contributed by atoms with Crippen LogP contribution in [0.15, 0.2) is 24.3 Å². The van der Waals surface area contributed by atoms with E-state index in [0.29, 0.717) is 6.42 Å². The molecule has 0 aliphatic rings. The maximum atomic E-state index is 11.6.